The lowest BCUT2D eigenvalue weighted by molar-refractivity contribution is 0.0759. The standard InChI is InChI=1S/C20H21FN2O4S/c1-15(24)16-7-9-17(10-8-16)28(26,27)23-12-4-11-22(13-14-23)20(25)18-5-2-3-6-19(18)21/h2-3,5-10H,4,11-14H2,1H3. The van der Waals surface area contributed by atoms with Gasteiger partial charge in [0.25, 0.3) is 5.91 Å². The summed E-state index contributed by atoms with van der Waals surface area (Å²) in [7, 11) is -3.74. The van der Waals surface area contributed by atoms with Gasteiger partial charge in [-0.15, -0.1) is 0 Å². The molecule has 1 amide bonds. The normalized spacial score (nSPS) is 15.9. The summed E-state index contributed by atoms with van der Waals surface area (Å²) in [6, 6.07) is 11.6. The molecular formula is C20H21FN2O4S. The van der Waals surface area contributed by atoms with Crippen LogP contribution >= 0.6 is 0 Å². The quantitative estimate of drug-likeness (QED) is 0.734. The van der Waals surface area contributed by atoms with Gasteiger partial charge in [0.05, 0.1) is 10.5 Å². The Labute approximate surface area is 163 Å². The molecular weight excluding hydrogens is 383 g/mol. The molecule has 2 aromatic carbocycles. The fourth-order valence-electron chi connectivity index (χ4n) is 3.15. The Balaban J connectivity index is 1.74. The van der Waals surface area contributed by atoms with Gasteiger partial charge in [-0.25, -0.2) is 12.8 Å². The average Bonchev–Trinajstić information content (AvgIpc) is 2.95. The number of sulfonamides is 1. The van der Waals surface area contributed by atoms with Crippen LogP contribution in [0.4, 0.5) is 4.39 Å². The first kappa shape index (κ1) is 20.2. The lowest BCUT2D eigenvalue weighted by atomic mass is 10.2. The molecule has 3 rings (SSSR count). The minimum atomic E-state index is -3.74. The van der Waals surface area contributed by atoms with Gasteiger partial charge in [0.2, 0.25) is 10.0 Å². The van der Waals surface area contributed by atoms with Gasteiger partial charge >= 0.3 is 0 Å². The lowest BCUT2D eigenvalue weighted by Crippen LogP contribution is -2.37. The third-order valence-corrected chi connectivity index (χ3v) is 6.66. The number of amides is 1. The summed E-state index contributed by atoms with van der Waals surface area (Å²) >= 11 is 0. The Bertz CT molecular complexity index is 990. The maximum atomic E-state index is 13.9. The molecule has 2 aromatic rings. The number of benzene rings is 2. The molecule has 0 spiro atoms. The second-order valence-electron chi connectivity index (χ2n) is 6.61. The number of halogens is 1. The Morgan fingerprint density at radius 3 is 2.25 bits per heavy atom. The molecule has 1 fully saturated rings. The highest BCUT2D eigenvalue weighted by atomic mass is 32.2. The van der Waals surface area contributed by atoms with E-state index in [0.29, 0.717) is 18.5 Å². The van der Waals surface area contributed by atoms with Crippen LogP contribution in [0.25, 0.3) is 0 Å². The van der Waals surface area contributed by atoms with E-state index in [4.69, 9.17) is 0 Å². The van der Waals surface area contributed by atoms with Crippen molar-refractivity contribution in [1.29, 1.82) is 0 Å². The number of carbonyl (C=O) groups excluding carboxylic acids is 2. The van der Waals surface area contributed by atoms with Gasteiger partial charge in [0.15, 0.2) is 5.78 Å². The number of Topliss-reactive ketones (excluding diaryl/α,β-unsaturated/α-hetero) is 1. The van der Waals surface area contributed by atoms with Gasteiger partial charge in [-0.3, -0.25) is 9.59 Å². The number of ketones is 1. The first-order chi connectivity index (χ1) is 13.3. The molecule has 148 valence electrons. The molecule has 1 aliphatic heterocycles. The lowest BCUT2D eigenvalue weighted by Gasteiger charge is -2.22. The number of rotatable bonds is 4. The van der Waals surface area contributed by atoms with Crippen molar-refractivity contribution in [2.45, 2.75) is 18.2 Å². The Hall–Kier alpha value is -2.58. The zero-order chi connectivity index (χ0) is 20.3. The fourth-order valence-corrected chi connectivity index (χ4v) is 4.62. The molecule has 0 aliphatic carbocycles. The van der Waals surface area contributed by atoms with E-state index in [1.807, 2.05) is 0 Å². The summed E-state index contributed by atoms with van der Waals surface area (Å²) in [6.45, 7) is 2.33. The first-order valence-electron chi connectivity index (χ1n) is 8.95. The minimum Gasteiger partial charge on any atom is -0.337 e. The SMILES string of the molecule is CC(=O)c1ccc(S(=O)(=O)N2CCCN(C(=O)c3ccccc3F)CC2)cc1. The Morgan fingerprint density at radius 2 is 1.61 bits per heavy atom. The Kier molecular flexibility index (Phi) is 5.90. The van der Waals surface area contributed by atoms with Crippen molar-refractivity contribution in [2.75, 3.05) is 26.2 Å². The maximum absolute atomic E-state index is 13.9. The van der Waals surface area contributed by atoms with E-state index < -0.39 is 21.7 Å². The molecule has 0 atom stereocenters. The van der Waals surface area contributed by atoms with E-state index in [1.54, 1.807) is 6.07 Å². The third-order valence-electron chi connectivity index (χ3n) is 4.74. The van der Waals surface area contributed by atoms with Gasteiger partial charge in [0, 0.05) is 31.7 Å². The van der Waals surface area contributed by atoms with Crippen LogP contribution in [0.2, 0.25) is 0 Å². The van der Waals surface area contributed by atoms with Crippen LogP contribution in [-0.4, -0.2) is 55.5 Å². The van der Waals surface area contributed by atoms with Gasteiger partial charge < -0.3 is 4.90 Å². The van der Waals surface area contributed by atoms with Crippen molar-refractivity contribution in [3.8, 4) is 0 Å². The second kappa shape index (κ2) is 8.20. The van der Waals surface area contributed by atoms with Crippen molar-refractivity contribution >= 4 is 21.7 Å². The number of hydrogen-bond donors (Lipinski definition) is 0. The molecule has 0 unspecified atom stereocenters. The second-order valence-corrected chi connectivity index (χ2v) is 8.55. The molecule has 8 heteroatoms. The predicted molar refractivity (Wildman–Crippen MR) is 102 cm³/mol. The molecule has 0 aromatic heterocycles. The summed E-state index contributed by atoms with van der Waals surface area (Å²) in [4.78, 5) is 25.5. The van der Waals surface area contributed by atoms with Crippen LogP contribution in [0, 0.1) is 5.82 Å². The topological polar surface area (TPSA) is 74.8 Å². The van der Waals surface area contributed by atoms with E-state index in [2.05, 4.69) is 0 Å². The van der Waals surface area contributed by atoms with Gasteiger partial charge in [-0.2, -0.15) is 4.31 Å². The van der Waals surface area contributed by atoms with Crippen LogP contribution in [0.5, 0.6) is 0 Å². The van der Waals surface area contributed by atoms with E-state index in [9.17, 15) is 22.4 Å². The number of hydrogen-bond acceptors (Lipinski definition) is 4. The summed E-state index contributed by atoms with van der Waals surface area (Å²) in [5, 5.41) is 0. The predicted octanol–water partition coefficient (Wildman–Crippen LogP) is 2.57. The number of carbonyl (C=O) groups is 2. The molecule has 0 saturated carbocycles. The zero-order valence-electron chi connectivity index (χ0n) is 15.5. The van der Waals surface area contributed by atoms with Crippen molar-refractivity contribution in [2.24, 2.45) is 0 Å². The van der Waals surface area contributed by atoms with Crippen LogP contribution in [-0.2, 0) is 10.0 Å². The van der Waals surface area contributed by atoms with Crippen molar-refractivity contribution in [1.82, 2.24) is 9.21 Å². The molecule has 0 radical (unpaired) electrons. The fraction of sp³-hybridized carbons (Fsp3) is 0.300. The van der Waals surface area contributed by atoms with E-state index in [-0.39, 0.29) is 35.9 Å². The van der Waals surface area contributed by atoms with Crippen molar-refractivity contribution in [3.63, 3.8) is 0 Å². The van der Waals surface area contributed by atoms with Crippen LogP contribution in [0.15, 0.2) is 53.4 Å². The van der Waals surface area contributed by atoms with Crippen molar-refractivity contribution < 1.29 is 22.4 Å². The van der Waals surface area contributed by atoms with Crippen LogP contribution in [0.1, 0.15) is 34.1 Å². The van der Waals surface area contributed by atoms with E-state index in [0.717, 1.165) is 0 Å². The first-order valence-corrected chi connectivity index (χ1v) is 10.4. The summed E-state index contributed by atoms with van der Waals surface area (Å²) in [5.74, 6) is -1.17. The van der Waals surface area contributed by atoms with E-state index in [1.165, 1.54) is 58.6 Å². The van der Waals surface area contributed by atoms with Gasteiger partial charge in [0.1, 0.15) is 5.82 Å². The summed E-state index contributed by atoms with van der Waals surface area (Å²) in [6.07, 6.45) is 0.449. The largest absolute Gasteiger partial charge is 0.337 e. The highest BCUT2D eigenvalue weighted by Crippen LogP contribution is 2.20. The van der Waals surface area contributed by atoms with Gasteiger partial charge in [-0.1, -0.05) is 24.3 Å². The monoisotopic (exact) mass is 404 g/mol. The maximum Gasteiger partial charge on any atom is 0.256 e. The molecule has 0 bridgehead atoms. The smallest absolute Gasteiger partial charge is 0.256 e. The highest BCUT2D eigenvalue weighted by molar-refractivity contribution is 7.89. The van der Waals surface area contributed by atoms with Crippen molar-refractivity contribution in [3.05, 3.63) is 65.5 Å². The van der Waals surface area contributed by atoms with E-state index >= 15 is 0 Å². The third kappa shape index (κ3) is 4.13. The molecule has 1 heterocycles. The molecule has 1 saturated heterocycles. The molecule has 0 N–H and O–H groups in total. The highest BCUT2D eigenvalue weighted by Gasteiger charge is 2.29. The Morgan fingerprint density at radius 1 is 0.929 bits per heavy atom. The van der Waals surface area contributed by atoms with Crippen LogP contribution in [0.3, 0.4) is 0 Å². The van der Waals surface area contributed by atoms with Gasteiger partial charge in [-0.05, 0) is 37.6 Å². The average molecular weight is 404 g/mol. The summed E-state index contributed by atoms with van der Waals surface area (Å²) in [5.41, 5.74) is 0.426. The molecule has 6 nitrogen and oxygen atoms in total. The minimum absolute atomic E-state index is 0.0152. The van der Waals surface area contributed by atoms with Crippen LogP contribution < -0.4 is 0 Å². The zero-order valence-corrected chi connectivity index (χ0v) is 16.3. The molecule has 28 heavy (non-hydrogen) atoms. The molecule has 1 aliphatic rings. The summed E-state index contributed by atoms with van der Waals surface area (Å²) < 4.78 is 41.0. The number of nitrogens with zero attached hydrogens (tertiary/aromatic N) is 2.